The van der Waals surface area contributed by atoms with Gasteiger partial charge < -0.3 is 15.5 Å². The van der Waals surface area contributed by atoms with Crippen LogP contribution in [0.1, 0.15) is 126 Å². The van der Waals surface area contributed by atoms with Crippen LogP contribution in [0.5, 0.6) is 0 Å². The molecule has 4 fully saturated rings. The maximum absolute atomic E-state index is 14.2. The Bertz CT molecular complexity index is 877. The first-order valence-electron chi connectivity index (χ1n) is 15.1. The molecule has 4 rings (SSSR count). The molecule has 1 heterocycles. The average molecular weight is 516 g/mol. The molecular weight excluding hydrogens is 462 g/mol. The monoisotopic (exact) mass is 515 g/mol. The number of carbonyl (C=O) groups excluding carboxylic acids is 3. The van der Waals surface area contributed by atoms with Crippen molar-refractivity contribution in [1.29, 1.82) is 0 Å². The zero-order chi connectivity index (χ0) is 27.2. The van der Waals surface area contributed by atoms with Crippen LogP contribution < -0.4 is 10.6 Å². The normalized spacial score (nSPS) is 30.7. The summed E-state index contributed by atoms with van der Waals surface area (Å²) in [7, 11) is 0. The molecule has 1 aliphatic heterocycles. The van der Waals surface area contributed by atoms with Gasteiger partial charge in [-0.25, -0.2) is 4.79 Å². The average Bonchev–Trinajstić information content (AvgIpc) is 3.15. The lowest BCUT2D eigenvalue weighted by molar-refractivity contribution is -0.143. The molecule has 4 atom stereocenters. The highest BCUT2D eigenvalue weighted by Gasteiger charge is 2.69. The van der Waals surface area contributed by atoms with Crippen molar-refractivity contribution in [2.24, 2.45) is 28.1 Å². The number of carbonyl (C=O) groups is 3. The number of urea groups is 1. The van der Waals surface area contributed by atoms with Crippen molar-refractivity contribution in [2.75, 3.05) is 6.54 Å². The first-order chi connectivity index (χ1) is 17.2. The Balaban J connectivity index is 1.54. The van der Waals surface area contributed by atoms with Crippen molar-refractivity contribution in [3.63, 3.8) is 0 Å². The van der Waals surface area contributed by atoms with E-state index in [2.05, 4.69) is 52.2 Å². The molecule has 37 heavy (non-hydrogen) atoms. The minimum absolute atomic E-state index is 0.0462. The highest BCUT2D eigenvalue weighted by Crippen LogP contribution is 2.65. The molecule has 3 amide bonds. The van der Waals surface area contributed by atoms with Gasteiger partial charge >= 0.3 is 6.03 Å². The summed E-state index contributed by atoms with van der Waals surface area (Å²) >= 11 is 0. The van der Waals surface area contributed by atoms with Crippen molar-refractivity contribution in [1.82, 2.24) is 15.5 Å². The second-order valence-electron chi connectivity index (χ2n) is 15.1. The summed E-state index contributed by atoms with van der Waals surface area (Å²) in [6.07, 6.45) is 12.7. The van der Waals surface area contributed by atoms with Crippen LogP contribution in [0, 0.1) is 28.1 Å². The Kier molecular flexibility index (Phi) is 7.82. The Morgan fingerprint density at radius 2 is 1.49 bits per heavy atom. The molecule has 0 aromatic carbocycles. The van der Waals surface area contributed by atoms with Gasteiger partial charge in [-0.3, -0.25) is 9.59 Å². The van der Waals surface area contributed by atoms with Crippen LogP contribution in [-0.4, -0.2) is 46.8 Å². The third-order valence-electron chi connectivity index (χ3n) is 10.7. The Morgan fingerprint density at radius 1 is 0.919 bits per heavy atom. The number of hydrogen-bond acceptors (Lipinski definition) is 3. The van der Waals surface area contributed by atoms with E-state index >= 15 is 0 Å². The molecule has 0 bridgehead atoms. The third kappa shape index (κ3) is 5.88. The van der Waals surface area contributed by atoms with Gasteiger partial charge in [-0.2, -0.15) is 0 Å². The summed E-state index contributed by atoms with van der Waals surface area (Å²) in [5, 5.41) is 6.64. The number of likely N-dealkylation sites (tertiary alicyclic amines) is 1. The molecule has 2 N–H and O–H groups in total. The van der Waals surface area contributed by atoms with Gasteiger partial charge in [0.1, 0.15) is 6.04 Å². The fourth-order valence-corrected chi connectivity index (χ4v) is 8.02. The molecule has 0 radical (unpaired) electrons. The SMILES string of the molecule is CC(=O)C1[C@@H]2[C@H](CN1C(=O)C(NC(=O)NC1(CCC(C)(C)C)CCCCC1)C1(C)CCCCC1)C2(C)C. The number of nitrogens with zero attached hydrogens (tertiary/aromatic N) is 1. The van der Waals surface area contributed by atoms with Gasteiger partial charge in [0.25, 0.3) is 0 Å². The molecule has 6 heteroatoms. The van der Waals surface area contributed by atoms with Crippen LogP contribution in [0.3, 0.4) is 0 Å². The first kappa shape index (κ1) is 28.4. The van der Waals surface area contributed by atoms with Crippen molar-refractivity contribution in [2.45, 2.75) is 143 Å². The summed E-state index contributed by atoms with van der Waals surface area (Å²) in [5.41, 5.74) is -0.162. The van der Waals surface area contributed by atoms with Crippen molar-refractivity contribution >= 4 is 17.7 Å². The summed E-state index contributed by atoms with van der Waals surface area (Å²) in [4.78, 5) is 42.5. The Labute approximate surface area is 225 Å². The summed E-state index contributed by atoms with van der Waals surface area (Å²) in [6, 6.07) is -1.16. The largest absolute Gasteiger partial charge is 0.333 e. The number of nitrogens with one attached hydrogen (secondary N) is 2. The van der Waals surface area contributed by atoms with Crippen LogP contribution >= 0.6 is 0 Å². The van der Waals surface area contributed by atoms with E-state index in [9.17, 15) is 14.4 Å². The molecule has 0 aromatic rings. The second kappa shape index (κ2) is 10.2. The fourth-order valence-electron chi connectivity index (χ4n) is 8.02. The van der Waals surface area contributed by atoms with E-state index in [1.807, 2.05) is 4.90 Å². The van der Waals surface area contributed by atoms with Crippen LogP contribution in [0.25, 0.3) is 0 Å². The minimum atomic E-state index is -0.599. The molecular formula is C31H53N3O3. The van der Waals surface area contributed by atoms with E-state index < -0.39 is 6.04 Å². The van der Waals surface area contributed by atoms with Crippen LogP contribution in [0.4, 0.5) is 4.79 Å². The zero-order valence-electron chi connectivity index (χ0n) is 24.7. The quantitative estimate of drug-likeness (QED) is 0.422. The predicted octanol–water partition coefficient (Wildman–Crippen LogP) is 6.23. The first-order valence-corrected chi connectivity index (χ1v) is 15.1. The minimum Gasteiger partial charge on any atom is -0.333 e. The summed E-state index contributed by atoms with van der Waals surface area (Å²) in [6.45, 7) is 15.6. The molecule has 3 aliphatic carbocycles. The molecule has 4 aliphatic rings. The zero-order valence-corrected chi connectivity index (χ0v) is 24.7. The van der Waals surface area contributed by atoms with Gasteiger partial charge in [-0.05, 0) is 73.5 Å². The van der Waals surface area contributed by atoms with Crippen molar-refractivity contribution in [3.8, 4) is 0 Å². The van der Waals surface area contributed by atoms with E-state index in [4.69, 9.17) is 0 Å². The highest BCUT2D eigenvalue weighted by atomic mass is 16.2. The van der Waals surface area contributed by atoms with Gasteiger partial charge in [0, 0.05) is 12.1 Å². The number of rotatable bonds is 7. The standard InChI is InChI=1S/C31H53N3O3/c1-21(35)24-23-22(29(23,5)6)20-34(24)26(36)25(30(7)14-10-8-11-15-30)32-27(37)33-31(16-12-9-13-17-31)19-18-28(2,3)4/h22-25H,8-20H2,1-7H3,(H2,32,33,37)/t22-,23-,24?,25?/m0/s1. The molecule has 210 valence electrons. The number of piperidine rings is 1. The molecule has 1 saturated heterocycles. The maximum atomic E-state index is 14.2. The van der Waals surface area contributed by atoms with Gasteiger partial charge in [0.05, 0.1) is 6.04 Å². The summed E-state index contributed by atoms with van der Waals surface area (Å²) in [5.74, 6) is 0.647. The van der Waals surface area contributed by atoms with Gasteiger partial charge in [0.2, 0.25) is 5.91 Å². The second-order valence-corrected chi connectivity index (χ2v) is 15.1. The number of ketones is 1. The van der Waals surface area contributed by atoms with Crippen LogP contribution in [0.15, 0.2) is 0 Å². The van der Waals surface area contributed by atoms with Crippen molar-refractivity contribution < 1.29 is 14.4 Å². The lowest BCUT2D eigenvalue weighted by Crippen LogP contribution is -2.63. The molecule has 6 nitrogen and oxygen atoms in total. The lowest BCUT2D eigenvalue weighted by Gasteiger charge is -2.44. The van der Waals surface area contributed by atoms with Crippen LogP contribution in [0.2, 0.25) is 0 Å². The number of fused-ring (bicyclic) bond motifs is 1. The lowest BCUT2D eigenvalue weighted by atomic mass is 9.70. The predicted molar refractivity (Wildman–Crippen MR) is 148 cm³/mol. The highest BCUT2D eigenvalue weighted by molar-refractivity contribution is 5.94. The molecule has 0 spiro atoms. The molecule has 3 saturated carbocycles. The molecule has 2 unspecified atom stereocenters. The Hall–Kier alpha value is -1.59. The smallest absolute Gasteiger partial charge is 0.315 e. The third-order valence-corrected chi connectivity index (χ3v) is 10.7. The fraction of sp³-hybridized carbons (Fsp3) is 0.903. The van der Waals surface area contributed by atoms with Crippen LogP contribution in [-0.2, 0) is 9.59 Å². The Morgan fingerprint density at radius 3 is 2.03 bits per heavy atom. The topological polar surface area (TPSA) is 78.5 Å². The van der Waals surface area contributed by atoms with E-state index in [1.165, 1.54) is 12.8 Å². The molecule has 0 aromatic heterocycles. The summed E-state index contributed by atoms with van der Waals surface area (Å²) < 4.78 is 0. The van der Waals surface area contributed by atoms with E-state index in [0.29, 0.717) is 12.5 Å². The number of hydrogen-bond donors (Lipinski definition) is 2. The van der Waals surface area contributed by atoms with E-state index in [0.717, 1.165) is 64.2 Å². The van der Waals surface area contributed by atoms with Gasteiger partial charge in [0.15, 0.2) is 5.78 Å². The number of Topliss-reactive ketones (excluding diaryl/α,β-unsaturated/α-hetero) is 1. The van der Waals surface area contributed by atoms with E-state index in [-0.39, 0.29) is 51.5 Å². The van der Waals surface area contributed by atoms with Gasteiger partial charge in [-0.15, -0.1) is 0 Å². The number of amides is 3. The van der Waals surface area contributed by atoms with Crippen molar-refractivity contribution in [3.05, 3.63) is 0 Å². The maximum Gasteiger partial charge on any atom is 0.315 e. The van der Waals surface area contributed by atoms with Gasteiger partial charge in [-0.1, -0.05) is 80.1 Å². The van der Waals surface area contributed by atoms with E-state index in [1.54, 1.807) is 6.92 Å².